The maximum Gasteiger partial charge on any atom is 0.308 e. The molecule has 0 atom stereocenters. The van der Waals surface area contributed by atoms with Gasteiger partial charge in [0.2, 0.25) is 0 Å². The molecule has 0 amide bonds. The maximum atomic E-state index is 11.4. The van der Waals surface area contributed by atoms with Gasteiger partial charge in [0, 0.05) is 13.1 Å². The zero-order chi connectivity index (χ0) is 13.1. The third kappa shape index (κ3) is 2.29. The van der Waals surface area contributed by atoms with Crippen LogP contribution in [-0.4, -0.2) is 36.1 Å². The van der Waals surface area contributed by atoms with Crippen LogP contribution in [0.15, 0.2) is 6.33 Å². The van der Waals surface area contributed by atoms with Crippen molar-refractivity contribution < 1.29 is 9.53 Å². The average Bonchev–Trinajstić information content (AvgIpc) is 2.41. The van der Waals surface area contributed by atoms with E-state index in [-0.39, 0.29) is 17.7 Å². The summed E-state index contributed by atoms with van der Waals surface area (Å²) in [6.45, 7) is 1.42. The summed E-state index contributed by atoms with van der Waals surface area (Å²) < 4.78 is 4.75. The van der Waals surface area contributed by atoms with Crippen LogP contribution in [0, 0.1) is 5.92 Å². The fourth-order valence-electron chi connectivity index (χ4n) is 2.15. The summed E-state index contributed by atoms with van der Waals surface area (Å²) in [5.41, 5.74) is 11.9. The van der Waals surface area contributed by atoms with Crippen molar-refractivity contribution >= 4 is 23.3 Å². The van der Waals surface area contributed by atoms with Gasteiger partial charge in [0.25, 0.3) is 0 Å². The van der Waals surface area contributed by atoms with Crippen LogP contribution in [0.5, 0.6) is 0 Å². The van der Waals surface area contributed by atoms with Crippen molar-refractivity contribution in [2.75, 3.05) is 36.6 Å². The predicted octanol–water partition coefficient (Wildman–Crippen LogP) is 0.0304. The number of piperidine rings is 1. The zero-order valence-corrected chi connectivity index (χ0v) is 10.3. The molecule has 1 saturated heterocycles. The first-order valence-electron chi connectivity index (χ1n) is 5.82. The highest BCUT2D eigenvalue weighted by Gasteiger charge is 2.27. The Balaban J connectivity index is 2.06. The molecule has 1 aliphatic rings. The van der Waals surface area contributed by atoms with Crippen molar-refractivity contribution in [3.8, 4) is 0 Å². The van der Waals surface area contributed by atoms with E-state index in [1.54, 1.807) is 0 Å². The third-order valence-corrected chi connectivity index (χ3v) is 3.22. The molecule has 0 aliphatic carbocycles. The van der Waals surface area contributed by atoms with Crippen molar-refractivity contribution in [2.24, 2.45) is 5.92 Å². The Kier molecular flexibility index (Phi) is 3.50. The summed E-state index contributed by atoms with van der Waals surface area (Å²) in [7, 11) is 1.41. The Morgan fingerprint density at radius 1 is 1.39 bits per heavy atom. The summed E-state index contributed by atoms with van der Waals surface area (Å²) in [4.78, 5) is 21.4. The normalized spacial score (nSPS) is 16.6. The minimum Gasteiger partial charge on any atom is -0.469 e. The number of nitrogens with zero attached hydrogens (tertiary/aromatic N) is 3. The van der Waals surface area contributed by atoms with Gasteiger partial charge in [-0.3, -0.25) is 4.79 Å². The minimum absolute atomic E-state index is 0.0355. The number of anilines is 3. The molecule has 1 fully saturated rings. The monoisotopic (exact) mass is 251 g/mol. The van der Waals surface area contributed by atoms with Crippen LogP contribution >= 0.6 is 0 Å². The molecule has 98 valence electrons. The molecule has 18 heavy (non-hydrogen) atoms. The van der Waals surface area contributed by atoms with Gasteiger partial charge in [-0.25, -0.2) is 9.97 Å². The lowest BCUT2D eigenvalue weighted by Crippen LogP contribution is -2.37. The van der Waals surface area contributed by atoms with Crippen LogP contribution in [-0.2, 0) is 9.53 Å². The van der Waals surface area contributed by atoms with E-state index in [2.05, 4.69) is 9.97 Å². The fraction of sp³-hybridized carbons (Fsp3) is 0.545. The van der Waals surface area contributed by atoms with E-state index in [1.807, 2.05) is 4.90 Å². The molecule has 0 unspecified atom stereocenters. The van der Waals surface area contributed by atoms with Gasteiger partial charge in [0.1, 0.15) is 12.0 Å². The second-order valence-electron chi connectivity index (χ2n) is 4.28. The smallest absolute Gasteiger partial charge is 0.308 e. The lowest BCUT2D eigenvalue weighted by Gasteiger charge is -2.32. The highest BCUT2D eigenvalue weighted by molar-refractivity contribution is 5.75. The number of nitrogens with two attached hydrogens (primary N) is 2. The number of hydrogen-bond acceptors (Lipinski definition) is 7. The van der Waals surface area contributed by atoms with Gasteiger partial charge in [0.05, 0.1) is 13.0 Å². The average molecular weight is 251 g/mol. The molecule has 7 nitrogen and oxygen atoms in total. The minimum atomic E-state index is -0.148. The van der Waals surface area contributed by atoms with Crippen LogP contribution in [0.1, 0.15) is 12.8 Å². The molecule has 2 rings (SSSR count). The number of rotatable bonds is 2. The van der Waals surface area contributed by atoms with Crippen molar-refractivity contribution in [3.63, 3.8) is 0 Å². The van der Waals surface area contributed by atoms with E-state index < -0.39 is 0 Å². The molecule has 1 aliphatic heterocycles. The summed E-state index contributed by atoms with van der Waals surface area (Å²) in [6, 6.07) is 0. The van der Waals surface area contributed by atoms with Gasteiger partial charge in [-0.05, 0) is 12.8 Å². The zero-order valence-electron chi connectivity index (χ0n) is 10.3. The first kappa shape index (κ1) is 12.4. The lowest BCUT2D eigenvalue weighted by molar-refractivity contribution is -0.146. The van der Waals surface area contributed by atoms with E-state index in [9.17, 15) is 4.79 Å². The number of ether oxygens (including phenoxy) is 1. The van der Waals surface area contributed by atoms with E-state index in [1.165, 1.54) is 13.4 Å². The number of nitrogen functional groups attached to an aromatic ring is 2. The van der Waals surface area contributed by atoms with Gasteiger partial charge < -0.3 is 21.1 Å². The highest BCUT2D eigenvalue weighted by atomic mass is 16.5. The second-order valence-corrected chi connectivity index (χ2v) is 4.28. The van der Waals surface area contributed by atoms with Gasteiger partial charge >= 0.3 is 5.97 Å². The van der Waals surface area contributed by atoms with Gasteiger partial charge in [-0.1, -0.05) is 0 Å². The van der Waals surface area contributed by atoms with Gasteiger partial charge in [-0.15, -0.1) is 0 Å². The molecule has 1 aromatic rings. The number of carbonyl (C=O) groups is 1. The molecule has 0 spiro atoms. The van der Waals surface area contributed by atoms with Crippen LogP contribution in [0.25, 0.3) is 0 Å². The standard InChI is InChI=1S/C11H17N5O2/c1-18-11(17)7-2-4-16(5-3-7)10-8(12)9(13)14-6-15-10/h6-7H,2-5,12H2,1H3,(H2,13,14,15). The van der Waals surface area contributed by atoms with Crippen LogP contribution in [0.2, 0.25) is 0 Å². The first-order valence-corrected chi connectivity index (χ1v) is 5.82. The molecule has 7 heteroatoms. The molecular weight excluding hydrogens is 234 g/mol. The topological polar surface area (TPSA) is 107 Å². The number of hydrogen-bond donors (Lipinski definition) is 2. The Bertz CT molecular complexity index is 443. The molecule has 0 radical (unpaired) electrons. The van der Waals surface area contributed by atoms with E-state index in [0.29, 0.717) is 24.6 Å². The Morgan fingerprint density at radius 2 is 2.06 bits per heavy atom. The largest absolute Gasteiger partial charge is 0.469 e. The first-order chi connectivity index (χ1) is 8.63. The molecule has 0 saturated carbocycles. The number of aromatic nitrogens is 2. The Morgan fingerprint density at radius 3 is 2.67 bits per heavy atom. The number of carbonyl (C=O) groups excluding carboxylic acids is 1. The maximum absolute atomic E-state index is 11.4. The molecule has 4 N–H and O–H groups in total. The van der Waals surface area contributed by atoms with Gasteiger partial charge in [-0.2, -0.15) is 0 Å². The summed E-state index contributed by atoms with van der Waals surface area (Å²) in [6.07, 6.45) is 2.86. The van der Waals surface area contributed by atoms with E-state index >= 15 is 0 Å². The highest BCUT2D eigenvalue weighted by Crippen LogP contribution is 2.28. The lowest BCUT2D eigenvalue weighted by atomic mass is 9.97. The van der Waals surface area contributed by atoms with Crippen molar-refractivity contribution in [3.05, 3.63) is 6.33 Å². The Labute approximate surface area is 105 Å². The number of methoxy groups -OCH3 is 1. The molecular formula is C11H17N5O2. The van der Waals surface area contributed by atoms with Crippen molar-refractivity contribution in [1.29, 1.82) is 0 Å². The van der Waals surface area contributed by atoms with E-state index in [0.717, 1.165) is 12.8 Å². The predicted molar refractivity (Wildman–Crippen MR) is 67.8 cm³/mol. The molecule has 0 aromatic carbocycles. The van der Waals surface area contributed by atoms with Crippen molar-refractivity contribution in [2.45, 2.75) is 12.8 Å². The molecule has 0 bridgehead atoms. The van der Waals surface area contributed by atoms with Crippen LogP contribution in [0.4, 0.5) is 17.3 Å². The summed E-state index contributed by atoms with van der Waals surface area (Å²) in [5.74, 6) is 0.748. The summed E-state index contributed by atoms with van der Waals surface area (Å²) in [5, 5.41) is 0. The summed E-state index contributed by atoms with van der Waals surface area (Å²) >= 11 is 0. The van der Waals surface area contributed by atoms with Crippen LogP contribution < -0.4 is 16.4 Å². The second kappa shape index (κ2) is 5.07. The Hall–Kier alpha value is -2.05. The quantitative estimate of drug-likeness (QED) is 0.714. The third-order valence-electron chi connectivity index (χ3n) is 3.22. The van der Waals surface area contributed by atoms with Crippen molar-refractivity contribution in [1.82, 2.24) is 9.97 Å². The SMILES string of the molecule is COC(=O)C1CCN(c2ncnc(N)c2N)CC1. The molecule has 1 aromatic heterocycles. The fourth-order valence-corrected chi connectivity index (χ4v) is 2.15. The number of esters is 1. The van der Waals surface area contributed by atoms with E-state index in [4.69, 9.17) is 16.2 Å². The molecule has 2 heterocycles. The van der Waals surface area contributed by atoms with Gasteiger partial charge in [0.15, 0.2) is 11.6 Å². The van der Waals surface area contributed by atoms with Crippen LogP contribution in [0.3, 0.4) is 0 Å².